The van der Waals surface area contributed by atoms with Crippen LogP contribution in [0.25, 0.3) is 0 Å². The first-order valence-corrected chi connectivity index (χ1v) is 11.4. The predicted octanol–water partition coefficient (Wildman–Crippen LogP) is 4.40. The fourth-order valence-electron chi connectivity index (χ4n) is 3.72. The molecule has 1 aromatic heterocycles. The first-order chi connectivity index (χ1) is 16.1. The SMILES string of the molecule is COC(=O)c1ccc(N(C(=O)C2CCCN2C(=O)OCc2ccccc2)c2nccs2)cc1. The van der Waals surface area contributed by atoms with Gasteiger partial charge in [0.1, 0.15) is 12.6 Å². The van der Waals surface area contributed by atoms with Crippen LogP contribution in [0.2, 0.25) is 0 Å². The Morgan fingerprint density at radius 1 is 1.12 bits per heavy atom. The van der Waals surface area contributed by atoms with Crippen LogP contribution in [-0.4, -0.2) is 47.6 Å². The van der Waals surface area contributed by atoms with Crippen molar-refractivity contribution in [3.8, 4) is 0 Å². The number of amides is 2. The second kappa shape index (κ2) is 10.3. The first-order valence-electron chi connectivity index (χ1n) is 10.5. The highest BCUT2D eigenvalue weighted by atomic mass is 32.1. The van der Waals surface area contributed by atoms with Crippen LogP contribution in [0.15, 0.2) is 66.2 Å². The molecule has 1 saturated heterocycles. The van der Waals surface area contributed by atoms with Crippen molar-refractivity contribution in [3.05, 3.63) is 77.3 Å². The van der Waals surface area contributed by atoms with E-state index in [2.05, 4.69) is 4.98 Å². The maximum atomic E-state index is 13.7. The van der Waals surface area contributed by atoms with E-state index >= 15 is 0 Å². The third kappa shape index (κ3) is 5.04. The average molecular weight is 466 g/mol. The fraction of sp³-hybridized carbons (Fsp3) is 0.250. The summed E-state index contributed by atoms with van der Waals surface area (Å²) in [4.78, 5) is 45.5. The van der Waals surface area contributed by atoms with Crippen LogP contribution >= 0.6 is 11.3 Å². The lowest BCUT2D eigenvalue weighted by Crippen LogP contribution is -2.46. The van der Waals surface area contributed by atoms with Crippen LogP contribution in [0.3, 0.4) is 0 Å². The molecule has 1 aliphatic rings. The van der Waals surface area contributed by atoms with Crippen molar-refractivity contribution < 1.29 is 23.9 Å². The van der Waals surface area contributed by atoms with Gasteiger partial charge in [-0.3, -0.25) is 14.6 Å². The number of aromatic nitrogens is 1. The Balaban J connectivity index is 1.54. The molecule has 2 amide bonds. The maximum absolute atomic E-state index is 13.7. The monoisotopic (exact) mass is 465 g/mol. The molecule has 0 N–H and O–H groups in total. The lowest BCUT2D eigenvalue weighted by molar-refractivity contribution is -0.121. The molecule has 170 valence electrons. The zero-order valence-electron chi connectivity index (χ0n) is 18.0. The number of hydrogen-bond donors (Lipinski definition) is 0. The summed E-state index contributed by atoms with van der Waals surface area (Å²) in [5, 5.41) is 2.26. The molecule has 1 atom stereocenters. The zero-order valence-corrected chi connectivity index (χ0v) is 18.9. The van der Waals surface area contributed by atoms with Gasteiger partial charge in [-0.2, -0.15) is 0 Å². The Hall–Kier alpha value is -3.72. The van der Waals surface area contributed by atoms with Gasteiger partial charge in [0.15, 0.2) is 5.13 Å². The summed E-state index contributed by atoms with van der Waals surface area (Å²) in [5.41, 5.74) is 1.80. The van der Waals surface area contributed by atoms with Gasteiger partial charge in [-0.15, -0.1) is 11.3 Å². The van der Waals surface area contributed by atoms with Gasteiger partial charge in [-0.1, -0.05) is 30.3 Å². The molecule has 1 aliphatic heterocycles. The number of thiazole rings is 1. The molecule has 33 heavy (non-hydrogen) atoms. The topological polar surface area (TPSA) is 89.0 Å². The highest BCUT2D eigenvalue weighted by Gasteiger charge is 2.39. The summed E-state index contributed by atoms with van der Waals surface area (Å²) < 4.78 is 10.2. The number of rotatable bonds is 6. The summed E-state index contributed by atoms with van der Waals surface area (Å²) in [6.45, 7) is 0.583. The van der Waals surface area contributed by atoms with Gasteiger partial charge >= 0.3 is 12.1 Å². The van der Waals surface area contributed by atoms with Gasteiger partial charge in [0.05, 0.1) is 18.4 Å². The number of hydrogen-bond acceptors (Lipinski definition) is 7. The minimum atomic E-state index is -0.669. The number of methoxy groups -OCH3 is 1. The van der Waals surface area contributed by atoms with Crippen molar-refractivity contribution in [1.82, 2.24) is 9.88 Å². The van der Waals surface area contributed by atoms with Crippen molar-refractivity contribution >= 4 is 40.1 Å². The number of carbonyl (C=O) groups is 3. The standard InChI is InChI=1S/C24H23N3O5S/c1-31-22(29)18-9-11-19(12-10-18)27(23-25-13-15-33-23)21(28)20-8-5-14-26(20)24(30)32-16-17-6-3-2-4-7-17/h2-4,6-7,9-13,15,20H,5,8,14,16H2,1H3. The second-order valence-corrected chi connectivity index (χ2v) is 8.29. The predicted molar refractivity (Wildman–Crippen MR) is 123 cm³/mol. The van der Waals surface area contributed by atoms with Crippen molar-refractivity contribution in [3.63, 3.8) is 0 Å². The van der Waals surface area contributed by atoms with Crippen LogP contribution in [0.1, 0.15) is 28.8 Å². The van der Waals surface area contributed by atoms with Gasteiger partial charge in [-0.25, -0.2) is 14.6 Å². The maximum Gasteiger partial charge on any atom is 0.410 e. The van der Waals surface area contributed by atoms with Gasteiger partial charge in [0.25, 0.3) is 5.91 Å². The summed E-state index contributed by atoms with van der Waals surface area (Å²) >= 11 is 1.31. The number of nitrogens with zero attached hydrogens (tertiary/aromatic N) is 3. The number of carbonyl (C=O) groups excluding carboxylic acids is 3. The summed E-state index contributed by atoms with van der Waals surface area (Å²) in [6, 6.07) is 15.3. The van der Waals surface area contributed by atoms with E-state index in [0.717, 1.165) is 5.56 Å². The second-order valence-electron chi connectivity index (χ2n) is 7.42. The molecule has 0 spiro atoms. The Labute approximate surface area is 195 Å². The highest BCUT2D eigenvalue weighted by Crippen LogP contribution is 2.31. The zero-order chi connectivity index (χ0) is 23.2. The Kier molecular flexibility index (Phi) is 6.99. The van der Waals surface area contributed by atoms with E-state index in [9.17, 15) is 14.4 Å². The number of benzene rings is 2. The van der Waals surface area contributed by atoms with E-state index in [0.29, 0.717) is 35.8 Å². The molecule has 0 bridgehead atoms. The number of likely N-dealkylation sites (tertiary alicyclic amines) is 1. The molecular formula is C24H23N3O5S. The normalized spacial score (nSPS) is 15.2. The van der Waals surface area contributed by atoms with Crippen LogP contribution in [0.5, 0.6) is 0 Å². The number of anilines is 2. The molecule has 3 aromatic rings. The average Bonchev–Trinajstić information content (AvgIpc) is 3.56. The van der Waals surface area contributed by atoms with Gasteiger partial charge < -0.3 is 9.47 Å². The van der Waals surface area contributed by atoms with Crippen molar-refractivity contribution in [2.75, 3.05) is 18.6 Å². The number of esters is 1. The first kappa shape index (κ1) is 22.5. The lowest BCUT2D eigenvalue weighted by atomic mass is 10.1. The fourth-order valence-corrected chi connectivity index (χ4v) is 4.38. The molecule has 1 fully saturated rings. The Bertz CT molecular complexity index is 1100. The smallest absolute Gasteiger partial charge is 0.410 e. The molecule has 0 aliphatic carbocycles. The van der Waals surface area contributed by atoms with Gasteiger partial charge in [0, 0.05) is 18.1 Å². The molecule has 0 saturated carbocycles. The third-order valence-electron chi connectivity index (χ3n) is 5.36. The van der Waals surface area contributed by atoms with Gasteiger partial charge in [-0.05, 0) is 42.7 Å². The van der Waals surface area contributed by atoms with Crippen molar-refractivity contribution in [1.29, 1.82) is 0 Å². The summed E-state index contributed by atoms with van der Waals surface area (Å²) in [7, 11) is 1.31. The molecule has 1 unspecified atom stereocenters. The molecule has 2 heterocycles. The molecule has 9 heteroatoms. The number of ether oxygens (including phenoxy) is 2. The Morgan fingerprint density at radius 2 is 1.88 bits per heavy atom. The Morgan fingerprint density at radius 3 is 2.55 bits per heavy atom. The van der Waals surface area contributed by atoms with E-state index in [1.165, 1.54) is 28.2 Å². The van der Waals surface area contributed by atoms with E-state index in [4.69, 9.17) is 9.47 Å². The van der Waals surface area contributed by atoms with Gasteiger partial charge in [0.2, 0.25) is 0 Å². The molecule has 0 radical (unpaired) electrons. The van der Waals surface area contributed by atoms with E-state index in [1.807, 2.05) is 30.3 Å². The summed E-state index contributed by atoms with van der Waals surface area (Å²) in [5.74, 6) is -0.735. The van der Waals surface area contributed by atoms with Crippen molar-refractivity contribution in [2.45, 2.75) is 25.5 Å². The largest absolute Gasteiger partial charge is 0.465 e. The van der Waals surface area contributed by atoms with E-state index in [1.54, 1.807) is 35.8 Å². The van der Waals surface area contributed by atoms with Crippen LogP contribution in [0.4, 0.5) is 15.6 Å². The van der Waals surface area contributed by atoms with E-state index < -0.39 is 18.1 Å². The molecule has 2 aromatic carbocycles. The lowest BCUT2D eigenvalue weighted by Gasteiger charge is -2.28. The summed E-state index contributed by atoms with van der Waals surface area (Å²) in [6.07, 6.45) is 2.32. The van der Waals surface area contributed by atoms with Crippen LogP contribution in [0, 0.1) is 0 Å². The molecule has 8 nitrogen and oxygen atoms in total. The van der Waals surface area contributed by atoms with E-state index in [-0.39, 0.29) is 12.5 Å². The minimum Gasteiger partial charge on any atom is -0.465 e. The quantitative estimate of drug-likeness (QED) is 0.502. The highest BCUT2D eigenvalue weighted by molar-refractivity contribution is 7.13. The minimum absolute atomic E-state index is 0.141. The van der Waals surface area contributed by atoms with Crippen molar-refractivity contribution in [2.24, 2.45) is 0 Å². The molecular weight excluding hydrogens is 442 g/mol. The third-order valence-corrected chi connectivity index (χ3v) is 6.11. The molecule has 4 rings (SSSR count). The van der Waals surface area contributed by atoms with Crippen LogP contribution in [-0.2, 0) is 20.9 Å². The van der Waals surface area contributed by atoms with Crippen LogP contribution < -0.4 is 4.90 Å².